The molecule has 1 N–H and O–H groups in total. The summed E-state index contributed by atoms with van der Waals surface area (Å²) in [7, 11) is 0. The Kier molecular flexibility index (Phi) is 5.20. The summed E-state index contributed by atoms with van der Waals surface area (Å²) in [6.45, 7) is 4.66. The first kappa shape index (κ1) is 17.0. The second-order valence-corrected chi connectivity index (χ2v) is 6.91. The van der Waals surface area contributed by atoms with Crippen molar-refractivity contribution in [3.05, 3.63) is 46.2 Å². The molecule has 2 aromatic rings. The van der Waals surface area contributed by atoms with Gasteiger partial charge in [0, 0.05) is 37.8 Å². The number of urea groups is 1. The van der Waals surface area contributed by atoms with Gasteiger partial charge in [0.25, 0.3) is 0 Å². The molecule has 3 rings (SSSR count). The highest BCUT2D eigenvalue weighted by Gasteiger charge is 2.23. The molecule has 2 heterocycles. The number of hydrogen-bond acceptors (Lipinski definition) is 4. The molecule has 0 aliphatic carbocycles. The molecule has 1 aromatic carbocycles. The number of aromatic nitrogens is 1. The van der Waals surface area contributed by atoms with Crippen LogP contribution in [0.4, 0.5) is 14.3 Å². The van der Waals surface area contributed by atoms with E-state index < -0.39 is 5.82 Å². The van der Waals surface area contributed by atoms with E-state index in [2.05, 4.69) is 15.2 Å². The zero-order valence-electron chi connectivity index (χ0n) is 13.2. The van der Waals surface area contributed by atoms with Crippen molar-refractivity contribution in [2.45, 2.75) is 13.0 Å². The number of rotatable bonds is 3. The number of thiazole rings is 1. The van der Waals surface area contributed by atoms with Crippen LogP contribution in [0.5, 0.6) is 0 Å². The summed E-state index contributed by atoms with van der Waals surface area (Å²) in [5, 5.41) is 5.94. The Bertz CT molecular complexity index is 704. The second kappa shape index (κ2) is 7.36. The lowest BCUT2D eigenvalue weighted by atomic mass is 10.1. The predicted octanol–water partition coefficient (Wildman–Crippen LogP) is 3.53. The molecule has 2 amide bonds. The Morgan fingerprint density at radius 1 is 1.38 bits per heavy atom. The van der Waals surface area contributed by atoms with Crippen LogP contribution >= 0.6 is 22.9 Å². The van der Waals surface area contributed by atoms with Crippen LogP contribution in [0.25, 0.3) is 0 Å². The van der Waals surface area contributed by atoms with Gasteiger partial charge in [-0.2, -0.15) is 0 Å². The summed E-state index contributed by atoms with van der Waals surface area (Å²) in [5.41, 5.74) is 0.774. The Hall–Kier alpha value is -1.86. The molecule has 8 heteroatoms. The summed E-state index contributed by atoms with van der Waals surface area (Å²) in [4.78, 5) is 20.7. The predicted molar refractivity (Wildman–Crippen MR) is 94.3 cm³/mol. The van der Waals surface area contributed by atoms with Crippen molar-refractivity contribution in [1.82, 2.24) is 15.2 Å². The average molecular weight is 369 g/mol. The molecule has 1 aliphatic rings. The largest absolute Gasteiger partial charge is 0.345 e. The third-order valence-electron chi connectivity index (χ3n) is 4.04. The smallest absolute Gasteiger partial charge is 0.317 e. The number of amides is 2. The lowest BCUT2D eigenvalue weighted by Gasteiger charge is -2.35. The summed E-state index contributed by atoms with van der Waals surface area (Å²) in [6.07, 6.45) is 1.79. The molecule has 1 aliphatic heterocycles. The molecule has 1 atom stereocenters. The molecular weight excluding hydrogens is 351 g/mol. The molecule has 0 spiro atoms. The van der Waals surface area contributed by atoms with E-state index in [4.69, 9.17) is 11.6 Å². The van der Waals surface area contributed by atoms with Crippen molar-refractivity contribution in [3.63, 3.8) is 0 Å². The highest BCUT2D eigenvalue weighted by Crippen LogP contribution is 2.22. The third-order valence-corrected chi connectivity index (χ3v) is 5.16. The van der Waals surface area contributed by atoms with Gasteiger partial charge in [-0.1, -0.05) is 17.7 Å². The first-order valence-corrected chi connectivity index (χ1v) is 8.95. The number of hydrogen-bond donors (Lipinski definition) is 1. The van der Waals surface area contributed by atoms with Gasteiger partial charge in [-0.3, -0.25) is 0 Å². The van der Waals surface area contributed by atoms with Gasteiger partial charge in [-0.05, 0) is 24.6 Å². The highest BCUT2D eigenvalue weighted by atomic mass is 35.5. The Morgan fingerprint density at radius 2 is 2.12 bits per heavy atom. The fourth-order valence-corrected chi connectivity index (χ4v) is 3.50. The molecule has 1 aromatic heterocycles. The topological polar surface area (TPSA) is 48.5 Å². The number of carbonyl (C=O) groups excluding carboxylic acids is 1. The SMILES string of the molecule is CC(NC(=O)N1CCN(c2nccs2)CC1)c1ccc(F)c(Cl)c1. The standard InChI is InChI=1S/C16H18ClFN4OS/c1-11(12-2-3-14(18)13(17)10-12)20-15(23)21-5-7-22(8-6-21)16-19-4-9-24-16/h2-4,9-11H,5-8H2,1H3,(H,20,23). The number of halogens is 2. The maximum atomic E-state index is 13.2. The van der Waals surface area contributed by atoms with Crippen LogP contribution in [0.3, 0.4) is 0 Å². The van der Waals surface area contributed by atoms with Gasteiger partial charge in [-0.15, -0.1) is 11.3 Å². The number of benzene rings is 1. The van der Waals surface area contributed by atoms with Gasteiger partial charge in [0.1, 0.15) is 5.82 Å². The van der Waals surface area contributed by atoms with Crippen molar-refractivity contribution in [1.29, 1.82) is 0 Å². The fourth-order valence-electron chi connectivity index (χ4n) is 2.61. The second-order valence-electron chi connectivity index (χ2n) is 5.63. The van der Waals surface area contributed by atoms with E-state index in [-0.39, 0.29) is 17.1 Å². The first-order chi connectivity index (χ1) is 11.5. The molecule has 5 nitrogen and oxygen atoms in total. The molecule has 128 valence electrons. The van der Waals surface area contributed by atoms with Crippen molar-refractivity contribution >= 4 is 34.1 Å². The maximum absolute atomic E-state index is 13.2. The highest BCUT2D eigenvalue weighted by molar-refractivity contribution is 7.13. The molecule has 1 saturated heterocycles. The third kappa shape index (κ3) is 3.79. The molecule has 24 heavy (non-hydrogen) atoms. The lowest BCUT2D eigenvalue weighted by Crippen LogP contribution is -2.52. The van der Waals surface area contributed by atoms with Gasteiger partial charge < -0.3 is 15.1 Å². The van der Waals surface area contributed by atoms with Crippen molar-refractivity contribution in [3.8, 4) is 0 Å². The van der Waals surface area contributed by atoms with Crippen LogP contribution < -0.4 is 10.2 Å². The number of piperazine rings is 1. The van der Waals surface area contributed by atoms with Crippen LogP contribution in [0.2, 0.25) is 5.02 Å². The number of nitrogens with one attached hydrogen (secondary N) is 1. The number of anilines is 1. The quantitative estimate of drug-likeness (QED) is 0.901. The van der Waals surface area contributed by atoms with Crippen LogP contribution in [0.1, 0.15) is 18.5 Å². The van der Waals surface area contributed by atoms with E-state index in [1.54, 1.807) is 34.6 Å². The van der Waals surface area contributed by atoms with E-state index in [0.717, 1.165) is 23.8 Å². The monoisotopic (exact) mass is 368 g/mol. The lowest BCUT2D eigenvalue weighted by molar-refractivity contribution is 0.191. The molecule has 0 radical (unpaired) electrons. The van der Waals surface area contributed by atoms with Gasteiger partial charge in [0.15, 0.2) is 5.13 Å². The zero-order valence-corrected chi connectivity index (χ0v) is 14.8. The minimum Gasteiger partial charge on any atom is -0.345 e. The van der Waals surface area contributed by atoms with Crippen LogP contribution in [-0.2, 0) is 0 Å². The van der Waals surface area contributed by atoms with Gasteiger partial charge in [-0.25, -0.2) is 14.2 Å². The summed E-state index contributed by atoms with van der Waals surface area (Å²) in [6, 6.07) is 4.12. The average Bonchev–Trinajstić information content (AvgIpc) is 3.12. The Morgan fingerprint density at radius 3 is 2.75 bits per heavy atom. The minimum atomic E-state index is -0.461. The zero-order chi connectivity index (χ0) is 17.1. The van der Waals surface area contributed by atoms with Crippen LogP contribution in [0.15, 0.2) is 29.8 Å². The molecular formula is C16H18ClFN4OS. The summed E-state index contributed by atoms with van der Waals surface area (Å²) in [5.74, 6) is -0.461. The summed E-state index contributed by atoms with van der Waals surface area (Å²) < 4.78 is 13.2. The minimum absolute atomic E-state index is 0.0608. The molecule has 0 bridgehead atoms. The maximum Gasteiger partial charge on any atom is 0.317 e. The van der Waals surface area contributed by atoms with Crippen molar-refractivity contribution < 1.29 is 9.18 Å². The number of carbonyl (C=O) groups is 1. The van der Waals surface area contributed by atoms with E-state index in [1.807, 2.05) is 12.3 Å². The number of nitrogens with zero attached hydrogens (tertiary/aromatic N) is 3. The van der Waals surface area contributed by atoms with E-state index >= 15 is 0 Å². The van der Waals surface area contributed by atoms with Crippen LogP contribution in [0, 0.1) is 5.82 Å². The Labute approximate surface area is 149 Å². The molecule has 0 saturated carbocycles. The van der Waals surface area contributed by atoms with Gasteiger partial charge >= 0.3 is 6.03 Å². The van der Waals surface area contributed by atoms with E-state index in [0.29, 0.717) is 13.1 Å². The van der Waals surface area contributed by atoms with Crippen molar-refractivity contribution in [2.24, 2.45) is 0 Å². The normalized spacial score (nSPS) is 16.1. The Balaban J connectivity index is 1.54. The van der Waals surface area contributed by atoms with Gasteiger partial charge in [0.2, 0.25) is 0 Å². The van der Waals surface area contributed by atoms with Crippen LogP contribution in [-0.4, -0.2) is 42.1 Å². The summed E-state index contributed by atoms with van der Waals surface area (Å²) >= 11 is 7.40. The van der Waals surface area contributed by atoms with E-state index in [9.17, 15) is 9.18 Å². The fraction of sp³-hybridized carbons (Fsp3) is 0.375. The van der Waals surface area contributed by atoms with Crippen molar-refractivity contribution in [2.75, 3.05) is 31.1 Å². The first-order valence-electron chi connectivity index (χ1n) is 7.69. The molecule has 1 unspecified atom stereocenters. The molecule has 1 fully saturated rings. The van der Waals surface area contributed by atoms with Gasteiger partial charge in [0.05, 0.1) is 11.1 Å². The van der Waals surface area contributed by atoms with E-state index in [1.165, 1.54) is 6.07 Å².